The van der Waals surface area contributed by atoms with E-state index in [4.69, 9.17) is 4.74 Å². The molecule has 0 bridgehead atoms. The largest absolute Gasteiger partial charge is 0.481 e. The Kier molecular flexibility index (Phi) is 4.74. The summed E-state index contributed by atoms with van der Waals surface area (Å²) in [6, 6.07) is 1.88. The van der Waals surface area contributed by atoms with Gasteiger partial charge >= 0.3 is 0 Å². The first-order valence-corrected chi connectivity index (χ1v) is 9.12. The molecule has 0 amide bonds. The number of hydrogen-bond acceptors (Lipinski definition) is 7. The topological polar surface area (TPSA) is 86.8 Å². The van der Waals surface area contributed by atoms with E-state index < -0.39 is 0 Å². The van der Waals surface area contributed by atoms with Crippen LogP contribution >= 0.6 is 0 Å². The normalized spacial score (nSPS) is 15.3. The summed E-state index contributed by atoms with van der Waals surface area (Å²) in [7, 11) is 3.67. The van der Waals surface area contributed by atoms with E-state index in [1.807, 2.05) is 25.4 Å². The second kappa shape index (κ2) is 7.34. The fourth-order valence-corrected chi connectivity index (χ4v) is 3.57. The Morgan fingerprint density at radius 2 is 1.96 bits per heavy atom. The molecule has 0 aromatic carbocycles. The van der Waals surface area contributed by atoms with E-state index in [0.717, 1.165) is 49.2 Å². The molecule has 0 unspecified atom stereocenters. The van der Waals surface area contributed by atoms with Gasteiger partial charge in [-0.25, -0.2) is 15.0 Å². The van der Waals surface area contributed by atoms with Gasteiger partial charge in [-0.15, -0.1) is 10.2 Å². The van der Waals surface area contributed by atoms with Gasteiger partial charge in [-0.2, -0.15) is 0 Å². The van der Waals surface area contributed by atoms with Crippen LogP contribution < -0.4 is 9.64 Å². The number of hydrogen-bond donors (Lipinski definition) is 0. The average Bonchev–Trinajstić information content (AvgIpc) is 3.28. The molecule has 0 spiro atoms. The maximum absolute atomic E-state index is 5.20. The summed E-state index contributed by atoms with van der Waals surface area (Å²) < 4.78 is 9.41. The highest BCUT2D eigenvalue weighted by molar-refractivity contribution is 5.41. The molecule has 0 N–H and O–H groups in total. The smallest absolute Gasteiger partial charge is 0.218 e. The number of nitrogens with zero attached hydrogens (tertiary/aromatic N) is 8. The summed E-state index contributed by atoms with van der Waals surface area (Å²) in [4.78, 5) is 15.0. The fourth-order valence-electron chi connectivity index (χ4n) is 3.57. The van der Waals surface area contributed by atoms with E-state index in [1.54, 1.807) is 13.4 Å². The SMILES string of the molecule is COc1cc(N2CCC(c3nnc(Cn4ccnc4C)n3C)CC2)ncn1. The number of imidazole rings is 1. The second-order valence-corrected chi connectivity index (χ2v) is 6.82. The first-order chi connectivity index (χ1) is 13.2. The number of methoxy groups -OCH3 is 1. The zero-order chi connectivity index (χ0) is 18.8. The Bertz CT molecular complexity index is 910. The van der Waals surface area contributed by atoms with Crippen LogP contribution in [0.4, 0.5) is 5.82 Å². The van der Waals surface area contributed by atoms with Crippen molar-refractivity contribution in [2.75, 3.05) is 25.1 Å². The van der Waals surface area contributed by atoms with Crippen molar-refractivity contribution in [1.29, 1.82) is 0 Å². The minimum atomic E-state index is 0.403. The number of piperidine rings is 1. The highest BCUT2D eigenvalue weighted by Gasteiger charge is 2.26. The summed E-state index contributed by atoms with van der Waals surface area (Å²) in [6.45, 7) is 4.53. The summed E-state index contributed by atoms with van der Waals surface area (Å²) in [5.41, 5.74) is 0. The van der Waals surface area contributed by atoms with E-state index in [1.165, 1.54) is 0 Å². The molecule has 9 nitrogen and oxygen atoms in total. The van der Waals surface area contributed by atoms with Gasteiger partial charge in [0.15, 0.2) is 5.82 Å². The fraction of sp³-hybridized carbons (Fsp3) is 0.500. The maximum Gasteiger partial charge on any atom is 0.218 e. The Labute approximate surface area is 158 Å². The van der Waals surface area contributed by atoms with Crippen molar-refractivity contribution in [2.24, 2.45) is 7.05 Å². The Hall–Kier alpha value is -2.97. The van der Waals surface area contributed by atoms with Crippen molar-refractivity contribution < 1.29 is 4.74 Å². The number of anilines is 1. The van der Waals surface area contributed by atoms with Crippen LogP contribution in [0.25, 0.3) is 0 Å². The third-order valence-electron chi connectivity index (χ3n) is 5.25. The summed E-state index contributed by atoms with van der Waals surface area (Å²) >= 11 is 0. The predicted octanol–water partition coefficient (Wildman–Crippen LogP) is 1.55. The van der Waals surface area contributed by atoms with Crippen LogP contribution in [0.3, 0.4) is 0 Å². The molecule has 4 rings (SSSR count). The van der Waals surface area contributed by atoms with Crippen LogP contribution in [0.15, 0.2) is 24.8 Å². The van der Waals surface area contributed by atoms with Crippen LogP contribution in [-0.4, -0.2) is 54.5 Å². The lowest BCUT2D eigenvalue weighted by Crippen LogP contribution is -2.34. The van der Waals surface area contributed by atoms with Crippen molar-refractivity contribution in [2.45, 2.75) is 32.2 Å². The highest BCUT2D eigenvalue weighted by atomic mass is 16.5. The van der Waals surface area contributed by atoms with Gasteiger partial charge < -0.3 is 18.8 Å². The lowest BCUT2D eigenvalue weighted by molar-refractivity contribution is 0.396. The molecule has 0 aliphatic carbocycles. The number of aryl methyl sites for hydroxylation is 1. The molecule has 0 atom stereocenters. The van der Waals surface area contributed by atoms with Gasteiger partial charge in [0.05, 0.1) is 13.7 Å². The van der Waals surface area contributed by atoms with E-state index in [-0.39, 0.29) is 0 Å². The summed E-state index contributed by atoms with van der Waals surface area (Å²) in [5.74, 6) is 4.90. The number of ether oxygens (including phenoxy) is 1. The molecule has 142 valence electrons. The Balaban J connectivity index is 1.43. The predicted molar refractivity (Wildman–Crippen MR) is 99.8 cm³/mol. The molecule has 1 saturated heterocycles. The molecule has 0 radical (unpaired) electrons. The average molecular weight is 368 g/mol. The Morgan fingerprint density at radius 1 is 1.15 bits per heavy atom. The highest BCUT2D eigenvalue weighted by Crippen LogP contribution is 2.29. The second-order valence-electron chi connectivity index (χ2n) is 6.82. The molecule has 1 aliphatic heterocycles. The molecule has 1 aliphatic rings. The van der Waals surface area contributed by atoms with Gasteiger partial charge in [-0.1, -0.05) is 0 Å². The standard InChI is InChI=1S/C18H24N8O/c1-13-19-6-9-26(13)11-16-22-23-18(24(16)2)14-4-7-25(8-5-14)15-10-17(27-3)21-12-20-15/h6,9-10,12,14H,4-5,7-8,11H2,1-3H3. The molecule has 9 heteroatoms. The molecule has 3 aromatic rings. The van der Waals surface area contributed by atoms with Crippen molar-refractivity contribution in [1.82, 2.24) is 34.3 Å². The van der Waals surface area contributed by atoms with Crippen LogP contribution in [0.2, 0.25) is 0 Å². The summed E-state index contributed by atoms with van der Waals surface area (Å²) in [6.07, 6.45) is 7.36. The number of rotatable bonds is 5. The third-order valence-corrected chi connectivity index (χ3v) is 5.25. The molecule has 4 heterocycles. The van der Waals surface area contributed by atoms with E-state index in [0.29, 0.717) is 18.3 Å². The van der Waals surface area contributed by atoms with Gasteiger partial charge in [0, 0.05) is 44.5 Å². The monoisotopic (exact) mass is 368 g/mol. The van der Waals surface area contributed by atoms with Crippen LogP contribution in [-0.2, 0) is 13.6 Å². The first-order valence-electron chi connectivity index (χ1n) is 9.12. The summed E-state index contributed by atoms with van der Waals surface area (Å²) in [5, 5.41) is 8.91. The van der Waals surface area contributed by atoms with Crippen molar-refractivity contribution in [3.05, 3.63) is 42.3 Å². The molecule has 3 aromatic heterocycles. The number of aromatic nitrogens is 7. The van der Waals surface area contributed by atoms with E-state index >= 15 is 0 Å². The molecule has 1 fully saturated rings. The van der Waals surface area contributed by atoms with Crippen molar-refractivity contribution >= 4 is 5.82 Å². The van der Waals surface area contributed by atoms with E-state index in [9.17, 15) is 0 Å². The Morgan fingerprint density at radius 3 is 2.67 bits per heavy atom. The molecule has 27 heavy (non-hydrogen) atoms. The van der Waals surface area contributed by atoms with Crippen molar-refractivity contribution in [3.8, 4) is 5.88 Å². The minimum Gasteiger partial charge on any atom is -0.481 e. The zero-order valence-electron chi connectivity index (χ0n) is 15.9. The van der Waals surface area contributed by atoms with Gasteiger partial charge in [-0.3, -0.25) is 0 Å². The zero-order valence-corrected chi connectivity index (χ0v) is 15.9. The maximum atomic E-state index is 5.20. The van der Waals surface area contributed by atoms with Crippen LogP contribution in [0, 0.1) is 6.92 Å². The lowest BCUT2D eigenvalue weighted by Gasteiger charge is -2.32. The minimum absolute atomic E-state index is 0.403. The lowest BCUT2D eigenvalue weighted by atomic mass is 9.96. The quantitative estimate of drug-likeness (QED) is 0.675. The molecular formula is C18H24N8O. The van der Waals surface area contributed by atoms with E-state index in [2.05, 4.69) is 46.2 Å². The molecular weight excluding hydrogens is 344 g/mol. The first kappa shape index (κ1) is 17.4. The van der Waals surface area contributed by atoms with Crippen LogP contribution in [0.5, 0.6) is 5.88 Å². The van der Waals surface area contributed by atoms with Gasteiger partial charge in [-0.05, 0) is 19.8 Å². The van der Waals surface area contributed by atoms with Crippen LogP contribution in [0.1, 0.15) is 36.2 Å². The van der Waals surface area contributed by atoms with Crippen molar-refractivity contribution in [3.63, 3.8) is 0 Å². The van der Waals surface area contributed by atoms with Gasteiger partial charge in [0.2, 0.25) is 5.88 Å². The van der Waals surface area contributed by atoms with Gasteiger partial charge in [0.25, 0.3) is 0 Å². The molecule has 0 saturated carbocycles. The third kappa shape index (κ3) is 3.49. The van der Waals surface area contributed by atoms with Gasteiger partial charge in [0.1, 0.15) is 23.8 Å².